The molecule has 0 amide bonds. The van der Waals surface area contributed by atoms with E-state index in [-0.39, 0.29) is 5.41 Å². The lowest BCUT2D eigenvalue weighted by atomic mass is 9.92. The lowest BCUT2D eigenvalue weighted by Gasteiger charge is -2.21. The van der Waals surface area contributed by atoms with Gasteiger partial charge < -0.3 is 15.8 Å². The molecule has 0 unspecified atom stereocenters. The number of ether oxygens (including phenoxy) is 1. The molecule has 0 aliphatic heterocycles. The molecule has 2 aromatic rings. The number of esters is 1. The predicted molar refractivity (Wildman–Crippen MR) is 103 cm³/mol. The molecule has 0 saturated carbocycles. The van der Waals surface area contributed by atoms with Crippen LogP contribution < -0.4 is 11.1 Å². The van der Waals surface area contributed by atoms with Crippen molar-refractivity contribution in [3.8, 4) is 11.3 Å². The number of anilines is 2. The van der Waals surface area contributed by atoms with E-state index in [1.807, 2.05) is 30.3 Å². The fourth-order valence-electron chi connectivity index (χ4n) is 2.47. The van der Waals surface area contributed by atoms with Crippen molar-refractivity contribution in [1.29, 1.82) is 0 Å². The van der Waals surface area contributed by atoms with Crippen LogP contribution in [0.2, 0.25) is 0 Å². The van der Waals surface area contributed by atoms with Crippen LogP contribution in [0.4, 0.5) is 11.4 Å². The Kier molecular flexibility index (Phi) is 6.02. The normalized spacial score (nSPS) is 11.2. The van der Waals surface area contributed by atoms with Gasteiger partial charge in [0.2, 0.25) is 0 Å². The summed E-state index contributed by atoms with van der Waals surface area (Å²) in [7, 11) is 0. The molecule has 134 valence electrons. The smallest absolute Gasteiger partial charge is 0.341 e. The molecule has 1 aromatic heterocycles. The molecule has 5 heteroatoms. The highest BCUT2D eigenvalue weighted by atomic mass is 16.5. The summed E-state index contributed by atoms with van der Waals surface area (Å²) >= 11 is 0. The topological polar surface area (TPSA) is 77.2 Å². The number of nitrogens with zero attached hydrogens (tertiary/aromatic N) is 1. The molecule has 3 N–H and O–H groups in total. The molecule has 0 spiro atoms. The molecular weight excluding hydrogens is 314 g/mol. The molecule has 0 saturated heterocycles. The van der Waals surface area contributed by atoms with E-state index in [0.717, 1.165) is 12.0 Å². The summed E-state index contributed by atoms with van der Waals surface area (Å²) in [5, 5.41) is 3.32. The third-order valence-corrected chi connectivity index (χ3v) is 3.84. The van der Waals surface area contributed by atoms with Crippen LogP contribution in [-0.4, -0.2) is 24.1 Å². The second-order valence-electron chi connectivity index (χ2n) is 7.13. The Bertz CT molecular complexity index is 722. The molecular formula is C20H27N3O2. The molecule has 0 bridgehead atoms. The summed E-state index contributed by atoms with van der Waals surface area (Å²) in [4.78, 5) is 16.7. The number of pyridine rings is 1. The number of nitrogen functional groups attached to an aromatic ring is 1. The number of nitrogens with two attached hydrogens (primary N) is 1. The van der Waals surface area contributed by atoms with E-state index in [4.69, 9.17) is 10.5 Å². The van der Waals surface area contributed by atoms with E-state index in [9.17, 15) is 4.79 Å². The zero-order chi connectivity index (χ0) is 18.4. The number of carbonyl (C=O) groups excluding carboxylic acids is 1. The quantitative estimate of drug-likeness (QED) is 0.764. The third kappa shape index (κ3) is 4.95. The number of hydrogen-bond donors (Lipinski definition) is 2. The second-order valence-corrected chi connectivity index (χ2v) is 7.13. The molecule has 0 radical (unpaired) electrons. The van der Waals surface area contributed by atoms with Gasteiger partial charge in [0.05, 0.1) is 23.7 Å². The fraction of sp³-hybridized carbons (Fsp3) is 0.400. The summed E-state index contributed by atoms with van der Waals surface area (Å²) in [6.07, 6.45) is 2.48. The molecule has 5 nitrogen and oxygen atoms in total. The monoisotopic (exact) mass is 341 g/mol. The molecule has 0 atom stereocenters. The Morgan fingerprint density at radius 2 is 1.92 bits per heavy atom. The Morgan fingerprint density at radius 1 is 1.24 bits per heavy atom. The average molecular weight is 341 g/mol. The van der Waals surface area contributed by atoms with Crippen LogP contribution in [0, 0.1) is 5.41 Å². The molecule has 1 aromatic carbocycles. The molecule has 2 rings (SSSR count). The molecule has 25 heavy (non-hydrogen) atoms. The number of aromatic nitrogens is 1. The van der Waals surface area contributed by atoms with E-state index in [2.05, 4.69) is 31.1 Å². The Balaban J connectivity index is 2.40. The average Bonchev–Trinajstić information content (AvgIpc) is 2.56. The van der Waals surface area contributed by atoms with Gasteiger partial charge in [-0.2, -0.15) is 0 Å². The molecule has 0 aliphatic rings. The predicted octanol–water partition coefficient (Wildman–Crippen LogP) is 4.36. The first-order chi connectivity index (χ1) is 11.8. The van der Waals surface area contributed by atoms with Crippen LogP contribution in [-0.2, 0) is 4.74 Å². The van der Waals surface area contributed by atoms with Gasteiger partial charge in [-0.15, -0.1) is 0 Å². The third-order valence-electron chi connectivity index (χ3n) is 3.84. The van der Waals surface area contributed by atoms with Crippen LogP contribution in [0.5, 0.6) is 0 Å². The zero-order valence-corrected chi connectivity index (χ0v) is 15.4. The number of rotatable bonds is 6. The number of benzene rings is 1. The van der Waals surface area contributed by atoms with Crippen molar-refractivity contribution in [3.05, 3.63) is 42.1 Å². The van der Waals surface area contributed by atoms with Crippen molar-refractivity contribution in [2.75, 3.05) is 24.2 Å². The first-order valence-corrected chi connectivity index (χ1v) is 8.58. The van der Waals surface area contributed by atoms with E-state index in [0.29, 0.717) is 35.8 Å². The fourth-order valence-corrected chi connectivity index (χ4v) is 2.47. The van der Waals surface area contributed by atoms with Gasteiger partial charge in [-0.1, -0.05) is 51.1 Å². The van der Waals surface area contributed by atoms with Crippen LogP contribution in [0.25, 0.3) is 11.3 Å². The maximum absolute atomic E-state index is 12.3. The van der Waals surface area contributed by atoms with Gasteiger partial charge in [-0.3, -0.25) is 4.98 Å². The highest BCUT2D eigenvalue weighted by Crippen LogP contribution is 2.33. The largest absolute Gasteiger partial charge is 0.462 e. The van der Waals surface area contributed by atoms with Gasteiger partial charge in [0.25, 0.3) is 0 Å². The SMILES string of the molecule is CCOC(=O)c1cnc(-c2ccccc2)c(N)c1NCCC(C)(C)C. The van der Waals surface area contributed by atoms with E-state index < -0.39 is 5.97 Å². The summed E-state index contributed by atoms with van der Waals surface area (Å²) in [5.41, 5.74) is 9.55. The van der Waals surface area contributed by atoms with Gasteiger partial charge in [0.15, 0.2) is 0 Å². The van der Waals surface area contributed by atoms with Crippen LogP contribution in [0.15, 0.2) is 36.5 Å². The van der Waals surface area contributed by atoms with E-state index >= 15 is 0 Å². The molecule has 1 heterocycles. The summed E-state index contributed by atoms with van der Waals surface area (Å²) in [6.45, 7) is 9.31. The lowest BCUT2D eigenvalue weighted by Crippen LogP contribution is -2.17. The standard InChI is InChI=1S/C20H27N3O2/c1-5-25-19(24)15-13-23-17(14-9-7-6-8-10-14)16(21)18(15)22-12-11-20(2,3)4/h6-10,13H,5,11-12,21H2,1-4H3,(H,22,23). The zero-order valence-electron chi connectivity index (χ0n) is 15.4. The first-order valence-electron chi connectivity index (χ1n) is 8.58. The highest BCUT2D eigenvalue weighted by molar-refractivity contribution is 6.01. The Hall–Kier alpha value is -2.56. The van der Waals surface area contributed by atoms with E-state index in [1.165, 1.54) is 6.20 Å². The van der Waals surface area contributed by atoms with Gasteiger partial charge >= 0.3 is 5.97 Å². The van der Waals surface area contributed by atoms with Gasteiger partial charge in [-0.25, -0.2) is 4.79 Å². The van der Waals surface area contributed by atoms with Crippen molar-refractivity contribution in [3.63, 3.8) is 0 Å². The maximum atomic E-state index is 12.3. The summed E-state index contributed by atoms with van der Waals surface area (Å²) < 4.78 is 5.14. The Morgan fingerprint density at radius 3 is 2.52 bits per heavy atom. The minimum absolute atomic E-state index is 0.182. The van der Waals surface area contributed by atoms with E-state index in [1.54, 1.807) is 6.92 Å². The highest BCUT2D eigenvalue weighted by Gasteiger charge is 2.20. The van der Waals surface area contributed by atoms with Gasteiger partial charge in [0, 0.05) is 18.3 Å². The lowest BCUT2D eigenvalue weighted by molar-refractivity contribution is 0.0527. The van der Waals surface area contributed by atoms with Crippen molar-refractivity contribution < 1.29 is 9.53 Å². The van der Waals surface area contributed by atoms with Crippen LogP contribution in [0.3, 0.4) is 0 Å². The number of carbonyl (C=O) groups is 1. The van der Waals surface area contributed by atoms with Crippen molar-refractivity contribution in [1.82, 2.24) is 4.98 Å². The first kappa shape index (κ1) is 18.8. The maximum Gasteiger partial charge on any atom is 0.341 e. The molecule has 0 aliphatic carbocycles. The van der Waals surface area contributed by atoms with Crippen LogP contribution in [0.1, 0.15) is 44.5 Å². The van der Waals surface area contributed by atoms with Crippen molar-refractivity contribution in [2.24, 2.45) is 5.41 Å². The summed E-state index contributed by atoms with van der Waals surface area (Å²) in [6, 6.07) is 9.70. The Labute approximate surface area is 149 Å². The number of hydrogen-bond acceptors (Lipinski definition) is 5. The second kappa shape index (κ2) is 8.01. The van der Waals surface area contributed by atoms with Crippen molar-refractivity contribution >= 4 is 17.3 Å². The van der Waals surface area contributed by atoms with Gasteiger partial charge in [0.1, 0.15) is 5.56 Å². The minimum Gasteiger partial charge on any atom is -0.462 e. The minimum atomic E-state index is -0.417. The van der Waals surface area contributed by atoms with Crippen LogP contribution >= 0.6 is 0 Å². The summed E-state index contributed by atoms with van der Waals surface area (Å²) in [5.74, 6) is -0.417. The molecule has 0 fully saturated rings. The van der Waals surface area contributed by atoms with Crippen molar-refractivity contribution in [2.45, 2.75) is 34.1 Å². The number of nitrogens with one attached hydrogen (secondary N) is 1. The van der Waals surface area contributed by atoms with Gasteiger partial charge in [-0.05, 0) is 18.8 Å².